The minimum absolute atomic E-state index is 0.0411. The number of benzene rings is 1. The maximum atomic E-state index is 12.9. The van der Waals surface area contributed by atoms with Gasteiger partial charge in [0.05, 0.1) is 12.7 Å². The molecule has 0 heterocycles. The quantitative estimate of drug-likeness (QED) is 0.192. The molecule has 5 unspecified atom stereocenters. The number of rotatable bonds is 12. The van der Waals surface area contributed by atoms with Gasteiger partial charge in [0.2, 0.25) is 17.7 Å². The van der Waals surface area contributed by atoms with Crippen LogP contribution < -0.4 is 21.7 Å². The molecule has 1 aromatic carbocycles. The number of hydrogen-bond acceptors (Lipinski definition) is 7. The molecular weight excluding hydrogens is 420 g/mol. The highest BCUT2D eigenvalue weighted by Gasteiger charge is 2.32. The number of carbonyl (C=O) groups is 4. The number of amides is 3. The zero-order chi connectivity index (χ0) is 24.4. The number of carboxylic acids is 1. The van der Waals surface area contributed by atoms with Crippen molar-refractivity contribution in [2.75, 3.05) is 6.61 Å². The average molecular weight is 453 g/mol. The van der Waals surface area contributed by atoms with Crippen LogP contribution in [-0.4, -0.2) is 75.9 Å². The molecule has 0 radical (unpaired) electrons. The Morgan fingerprint density at radius 2 is 1.47 bits per heavy atom. The summed E-state index contributed by atoms with van der Waals surface area (Å²) in [6.07, 6.45) is -1.33. The largest absolute Gasteiger partial charge is 0.480 e. The van der Waals surface area contributed by atoms with Gasteiger partial charge in [0.1, 0.15) is 18.1 Å². The number of carboxylic acid groups (broad SMARTS) is 1. The van der Waals surface area contributed by atoms with E-state index in [2.05, 4.69) is 16.0 Å². The topological polar surface area (TPSA) is 191 Å². The predicted octanol–water partition coefficient (Wildman–Crippen LogP) is -1.88. The fraction of sp³-hybridized carbons (Fsp3) is 0.524. The van der Waals surface area contributed by atoms with Crippen molar-refractivity contribution in [1.29, 1.82) is 0 Å². The highest BCUT2D eigenvalue weighted by atomic mass is 16.4. The van der Waals surface area contributed by atoms with E-state index in [-0.39, 0.29) is 12.3 Å². The van der Waals surface area contributed by atoms with Crippen LogP contribution in [0.25, 0.3) is 0 Å². The molecule has 0 aliphatic rings. The third-order valence-corrected chi connectivity index (χ3v) is 4.74. The van der Waals surface area contributed by atoms with Crippen LogP contribution in [0.15, 0.2) is 30.3 Å². The van der Waals surface area contributed by atoms with Gasteiger partial charge in [0, 0.05) is 6.42 Å². The molecule has 1 aromatic rings. The number of nitrogens with one attached hydrogen (secondary N) is 3. The summed E-state index contributed by atoms with van der Waals surface area (Å²) in [5, 5.41) is 35.2. The van der Waals surface area contributed by atoms with Crippen molar-refractivity contribution in [3.63, 3.8) is 0 Å². The SMILES string of the molecule is CC(C)C(NC(=O)C(N)CO)C(=O)NC(Cc1ccccc1)C(=O)NC(C(=O)O)C(C)O. The van der Waals surface area contributed by atoms with Gasteiger partial charge in [-0.05, 0) is 18.4 Å². The van der Waals surface area contributed by atoms with E-state index in [1.165, 1.54) is 6.92 Å². The van der Waals surface area contributed by atoms with Crippen LogP contribution in [0.5, 0.6) is 0 Å². The summed E-state index contributed by atoms with van der Waals surface area (Å²) in [4.78, 5) is 49.1. The van der Waals surface area contributed by atoms with Gasteiger partial charge in [0.25, 0.3) is 0 Å². The number of aliphatic hydroxyl groups is 2. The van der Waals surface area contributed by atoms with Crippen LogP contribution in [-0.2, 0) is 25.6 Å². The Morgan fingerprint density at radius 1 is 0.906 bits per heavy atom. The van der Waals surface area contributed by atoms with Crippen molar-refractivity contribution in [2.24, 2.45) is 11.7 Å². The van der Waals surface area contributed by atoms with Crippen LogP contribution >= 0.6 is 0 Å². The van der Waals surface area contributed by atoms with Gasteiger partial charge in [-0.15, -0.1) is 0 Å². The number of nitrogens with two attached hydrogens (primary N) is 1. The molecule has 1 rings (SSSR count). The monoisotopic (exact) mass is 452 g/mol. The van der Waals surface area contributed by atoms with Crippen molar-refractivity contribution in [1.82, 2.24) is 16.0 Å². The van der Waals surface area contributed by atoms with E-state index in [9.17, 15) is 29.4 Å². The van der Waals surface area contributed by atoms with Crippen molar-refractivity contribution in [3.8, 4) is 0 Å². The lowest BCUT2D eigenvalue weighted by atomic mass is 10.00. The maximum Gasteiger partial charge on any atom is 0.328 e. The maximum absolute atomic E-state index is 12.9. The van der Waals surface area contributed by atoms with Gasteiger partial charge < -0.3 is 37.0 Å². The number of carbonyl (C=O) groups excluding carboxylic acids is 3. The lowest BCUT2D eigenvalue weighted by Crippen LogP contribution is -2.60. The van der Waals surface area contributed by atoms with Gasteiger partial charge in [-0.2, -0.15) is 0 Å². The van der Waals surface area contributed by atoms with E-state index in [4.69, 9.17) is 10.8 Å². The Morgan fingerprint density at radius 3 is 1.94 bits per heavy atom. The molecule has 8 N–H and O–H groups in total. The normalized spacial score (nSPS) is 15.7. The molecular formula is C21H32N4O7. The number of aliphatic carboxylic acids is 1. The van der Waals surface area contributed by atoms with Gasteiger partial charge in [-0.3, -0.25) is 14.4 Å². The van der Waals surface area contributed by atoms with E-state index in [1.807, 2.05) is 0 Å². The van der Waals surface area contributed by atoms with E-state index < -0.39 is 60.6 Å². The van der Waals surface area contributed by atoms with Crippen molar-refractivity contribution in [3.05, 3.63) is 35.9 Å². The van der Waals surface area contributed by atoms with Crippen LogP contribution in [0, 0.1) is 5.92 Å². The first-order valence-corrected chi connectivity index (χ1v) is 10.2. The van der Waals surface area contributed by atoms with Crippen molar-refractivity contribution < 1.29 is 34.5 Å². The third kappa shape index (κ3) is 8.25. The smallest absolute Gasteiger partial charge is 0.328 e. The molecule has 11 heteroatoms. The highest BCUT2D eigenvalue weighted by molar-refractivity contribution is 5.94. The molecule has 0 aromatic heterocycles. The molecule has 0 spiro atoms. The standard InChI is InChI=1S/C21H32N4O7/c1-11(2)16(24-18(28)14(22)10-26)20(30)23-15(9-13-7-5-4-6-8-13)19(29)25-17(12(3)27)21(31)32/h4-8,11-12,14-17,26-27H,9-10,22H2,1-3H3,(H,23,30)(H,24,28)(H,25,29)(H,31,32). The van der Waals surface area contributed by atoms with Crippen LogP contribution in [0.2, 0.25) is 0 Å². The molecule has 32 heavy (non-hydrogen) atoms. The fourth-order valence-corrected chi connectivity index (χ4v) is 2.84. The third-order valence-electron chi connectivity index (χ3n) is 4.74. The molecule has 3 amide bonds. The zero-order valence-electron chi connectivity index (χ0n) is 18.3. The minimum atomic E-state index is -1.57. The predicted molar refractivity (Wildman–Crippen MR) is 115 cm³/mol. The fourth-order valence-electron chi connectivity index (χ4n) is 2.84. The molecule has 11 nitrogen and oxygen atoms in total. The summed E-state index contributed by atoms with van der Waals surface area (Å²) in [5.41, 5.74) is 6.19. The second-order valence-corrected chi connectivity index (χ2v) is 7.84. The van der Waals surface area contributed by atoms with Crippen LogP contribution in [0.1, 0.15) is 26.3 Å². The summed E-state index contributed by atoms with van der Waals surface area (Å²) >= 11 is 0. The second-order valence-electron chi connectivity index (χ2n) is 7.84. The molecule has 0 aliphatic carbocycles. The Hall–Kier alpha value is -3.02. The van der Waals surface area contributed by atoms with Crippen molar-refractivity contribution >= 4 is 23.7 Å². The van der Waals surface area contributed by atoms with Crippen molar-refractivity contribution in [2.45, 2.75) is 57.5 Å². The van der Waals surface area contributed by atoms with E-state index in [0.717, 1.165) is 0 Å². The highest BCUT2D eigenvalue weighted by Crippen LogP contribution is 2.08. The molecule has 0 fully saturated rings. The lowest BCUT2D eigenvalue weighted by molar-refractivity contribution is -0.145. The molecule has 0 aliphatic heterocycles. The Kier molecular flexibility index (Phi) is 10.8. The summed E-state index contributed by atoms with van der Waals surface area (Å²) in [6, 6.07) is 3.71. The Labute approximate surface area is 186 Å². The first-order valence-electron chi connectivity index (χ1n) is 10.2. The molecule has 178 valence electrons. The molecule has 5 atom stereocenters. The Bertz CT molecular complexity index is 786. The lowest BCUT2D eigenvalue weighted by Gasteiger charge is -2.27. The van der Waals surface area contributed by atoms with E-state index in [1.54, 1.807) is 44.2 Å². The zero-order valence-corrected chi connectivity index (χ0v) is 18.3. The number of hydrogen-bond donors (Lipinski definition) is 7. The summed E-state index contributed by atoms with van der Waals surface area (Å²) in [7, 11) is 0. The average Bonchev–Trinajstić information content (AvgIpc) is 2.74. The molecule has 0 bridgehead atoms. The van der Waals surface area contributed by atoms with E-state index in [0.29, 0.717) is 5.56 Å². The summed E-state index contributed by atoms with van der Waals surface area (Å²) in [5.74, 6) is -4.03. The molecule has 0 saturated carbocycles. The van der Waals surface area contributed by atoms with Gasteiger partial charge in [0.15, 0.2) is 6.04 Å². The second kappa shape index (κ2) is 12.7. The number of aliphatic hydroxyl groups excluding tert-OH is 2. The van der Waals surface area contributed by atoms with Gasteiger partial charge in [-0.1, -0.05) is 44.2 Å². The summed E-state index contributed by atoms with van der Waals surface area (Å²) in [6.45, 7) is 3.97. The summed E-state index contributed by atoms with van der Waals surface area (Å²) < 4.78 is 0. The first kappa shape index (κ1) is 27.0. The Balaban J connectivity index is 3.09. The minimum Gasteiger partial charge on any atom is -0.480 e. The van der Waals surface area contributed by atoms with Crippen LogP contribution in [0.4, 0.5) is 0 Å². The van der Waals surface area contributed by atoms with E-state index >= 15 is 0 Å². The first-order chi connectivity index (χ1) is 15.0. The van der Waals surface area contributed by atoms with Gasteiger partial charge in [-0.25, -0.2) is 4.79 Å². The van der Waals surface area contributed by atoms with Gasteiger partial charge >= 0.3 is 5.97 Å². The van der Waals surface area contributed by atoms with Crippen LogP contribution in [0.3, 0.4) is 0 Å². The molecule has 0 saturated heterocycles.